The normalized spacial score (nSPS) is 10.7. The van der Waals surface area contributed by atoms with Gasteiger partial charge in [0.25, 0.3) is 0 Å². The summed E-state index contributed by atoms with van der Waals surface area (Å²) in [6, 6.07) is 7.56. The molecule has 6 heteroatoms. The smallest absolute Gasteiger partial charge is 0.162 e. The highest BCUT2D eigenvalue weighted by molar-refractivity contribution is 9.10. The van der Waals surface area contributed by atoms with Crippen molar-refractivity contribution in [2.45, 2.75) is 19.8 Å². The lowest BCUT2D eigenvalue weighted by atomic mass is 10.2. The molecule has 2 rings (SSSR count). The molecule has 0 fully saturated rings. The van der Waals surface area contributed by atoms with Crippen molar-refractivity contribution in [2.75, 3.05) is 7.11 Å². The van der Waals surface area contributed by atoms with Crippen LogP contribution in [0.4, 0.5) is 0 Å². The number of nitrogens with two attached hydrogens (primary N) is 1. The van der Waals surface area contributed by atoms with E-state index in [1.165, 1.54) is 0 Å². The number of halogens is 1. The van der Waals surface area contributed by atoms with E-state index in [2.05, 4.69) is 21.1 Å². The Balaban J connectivity index is 1.97. The van der Waals surface area contributed by atoms with E-state index in [4.69, 9.17) is 19.7 Å². The molecular weight excluding hydrogens is 312 g/mol. The van der Waals surface area contributed by atoms with E-state index in [0.29, 0.717) is 25.5 Å². The van der Waals surface area contributed by atoms with E-state index in [9.17, 15) is 0 Å². The molecule has 5 nitrogen and oxygen atoms in total. The predicted octanol–water partition coefficient (Wildman–Crippen LogP) is 2.62. The SMILES string of the molecule is COCc1cc(COc2ccc(CN)cc2Br)no1. The van der Waals surface area contributed by atoms with E-state index in [1.807, 2.05) is 24.3 Å². The zero-order chi connectivity index (χ0) is 13.7. The number of aromatic nitrogens is 1. The number of hydrogen-bond donors (Lipinski definition) is 1. The van der Waals surface area contributed by atoms with Gasteiger partial charge < -0.3 is 19.7 Å². The molecule has 0 bridgehead atoms. The van der Waals surface area contributed by atoms with Gasteiger partial charge in [-0.2, -0.15) is 0 Å². The molecule has 0 amide bonds. The molecule has 0 radical (unpaired) electrons. The van der Waals surface area contributed by atoms with E-state index in [0.717, 1.165) is 21.5 Å². The first-order valence-corrected chi connectivity index (χ1v) is 6.57. The maximum Gasteiger partial charge on any atom is 0.162 e. The van der Waals surface area contributed by atoms with Crippen LogP contribution in [0.1, 0.15) is 17.0 Å². The van der Waals surface area contributed by atoms with Gasteiger partial charge in [-0.3, -0.25) is 0 Å². The minimum atomic E-state index is 0.341. The van der Waals surface area contributed by atoms with E-state index in [1.54, 1.807) is 7.11 Å². The molecule has 0 aliphatic heterocycles. The molecule has 1 aromatic heterocycles. The Kier molecular flexibility index (Phi) is 4.95. The summed E-state index contributed by atoms with van der Waals surface area (Å²) in [6.07, 6.45) is 0. The fourth-order valence-corrected chi connectivity index (χ4v) is 2.11. The first-order chi connectivity index (χ1) is 9.22. The van der Waals surface area contributed by atoms with Crippen molar-refractivity contribution in [1.82, 2.24) is 5.16 Å². The Morgan fingerprint density at radius 2 is 2.16 bits per heavy atom. The summed E-state index contributed by atoms with van der Waals surface area (Å²) in [4.78, 5) is 0. The fraction of sp³-hybridized carbons (Fsp3) is 0.308. The van der Waals surface area contributed by atoms with Crippen LogP contribution in [0.2, 0.25) is 0 Å². The Labute approximate surface area is 119 Å². The Bertz CT molecular complexity index is 542. The van der Waals surface area contributed by atoms with Gasteiger partial charge >= 0.3 is 0 Å². The van der Waals surface area contributed by atoms with Gasteiger partial charge in [0.05, 0.1) is 4.47 Å². The van der Waals surface area contributed by atoms with E-state index >= 15 is 0 Å². The van der Waals surface area contributed by atoms with E-state index in [-0.39, 0.29) is 0 Å². The Morgan fingerprint density at radius 3 is 2.84 bits per heavy atom. The Morgan fingerprint density at radius 1 is 1.32 bits per heavy atom. The lowest BCUT2D eigenvalue weighted by Crippen LogP contribution is -1.99. The molecular formula is C13H15BrN2O3. The van der Waals surface area contributed by atoms with Gasteiger partial charge in [-0.1, -0.05) is 11.2 Å². The fourth-order valence-electron chi connectivity index (χ4n) is 1.57. The molecule has 0 spiro atoms. The third-order valence-corrected chi connectivity index (χ3v) is 3.12. The van der Waals surface area contributed by atoms with Gasteiger partial charge in [0.1, 0.15) is 24.7 Å². The first kappa shape index (κ1) is 14.0. The largest absolute Gasteiger partial charge is 0.486 e. The Hall–Kier alpha value is -1.37. The van der Waals surface area contributed by atoms with Crippen LogP contribution in [0.5, 0.6) is 5.75 Å². The number of ether oxygens (including phenoxy) is 2. The summed E-state index contributed by atoms with van der Waals surface area (Å²) in [6.45, 7) is 1.25. The summed E-state index contributed by atoms with van der Waals surface area (Å²) >= 11 is 3.45. The standard InChI is InChI=1S/C13H15BrN2O3/c1-17-8-11-5-10(16-19-11)7-18-13-3-2-9(6-15)4-12(13)14/h2-5H,6-8,15H2,1H3. The van der Waals surface area contributed by atoms with Gasteiger partial charge in [-0.15, -0.1) is 0 Å². The number of methoxy groups -OCH3 is 1. The van der Waals surface area contributed by atoms with Crippen LogP contribution in [0.3, 0.4) is 0 Å². The molecule has 0 saturated heterocycles. The van der Waals surface area contributed by atoms with Crippen LogP contribution in [-0.4, -0.2) is 12.3 Å². The van der Waals surface area contributed by atoms with Crippen molar-refractivity contribution in [3.63, 3.8) is 0 Å². The van der Waals surface area contributed by atoms with Gasteiger partial charge in [0, 0.05) is 19.7 Å². The summed E-state index contributed by atoms with van der Waals surface area (Å²) < 4.78 is 16.6. The number of rotatable bonds is 6. The van der Waals surface area contributed by atoms with Crippen LogP contribution >= 0.6 is 15.9 Å². The molecule has 0 saturated carbocycles. The number of hydrogen-bond acceptors (Lipinski definition) is 5. The molecule has 2 N–H and O–H groups in total. The first-order valence-electron chi connectivity index (χ1n) is 5.77. The van der Waals surface area contributed by atoms with Gasteiger partial charge in [-0.25, -0.2) is 0 Å². The molecule has 0 aliphatic carbocycles. The van der Waals surface area contributed by atoms with Gasteiger partial charge in [0.2, 0.25) is 0 Å². The molecule has 2 aromatic rings. The van der Waals surface area contributed by atoms with Crippen LogP contribution < -0.4 is 10.5 Å². The third-order valence-electron chi connectivity index (χ3n) is 2.50. The predicted molar refractivity (Wildman–Crippen MR) is 73.6 cm³/mol. The van der Waals surface area contributed by atoms with Crippen molar-refractivity contribution in [3.05, 3.63) is 45.8 Å². The summed E-state index contributed by atoms with van der Waals surface area (Å²) in [5.74, 6) is 1.42. The third kappa shape index (κ3) is 3.79. The molecule has 0 unspecified atom stereocenters. The van der Waals surface area contributed by atoms with Crippen LogP contribution in [-0.2, 0) is 24.5 Å². The second kappa shape index (κ2) is 6.70. The zero-order valence-electron chi connectivity index (χ0n) is 10.6. The van der Waals surface area contributed by atoms with Crippen molar-refractivity contribution in [3.8, 4) is 5.75 Å². The van der Waals surface area contributed by atoms with Crippen molar-refractivity contribution in [2.24, 2.45) is 5.73 Å². The van der Waals surface area contributed by atoms with Crippen molar-refractivity contribution < 1.29 is 14.0 Å². The van der Waals surface area contributed by atoms with Gasteiger partial charge in [0.15, 0.2) is 5.76 Å². The molecule has 1 heterocycles. The molecule has 102 valence electrons. The van der Waals surface area contributed by atoms with Crippen LogP contribution in [0.25, 0.3) is 0 Å². The maximum absolute atomic E-state index is 5.66. The lowest BCUT2D eigenvalue weighted by Gasteiger charge is -2.07. The number of nitrogens with zero attached hydrogens (tertiary/aromatic N) is 1. The highest BCUT2D eigenvalue weighted by atomic mass is 79.9. The molecule has 19 heavy (non-hydrogen) atoms. The summed E-state index contributed by atoms with van der Waals surface area (Å²) in [5.41, 5.74) is 7.34. The summed E-state index contributed by atoms with van der Waals surface area (Å²) in [5, 5.41) is 3.90. The van der Waals surface area contributed by atoms with Crippen molar-refractivity contribution >= 4 is 15.9 Å². The van der Waals surface area contributed by atoms with Gasteiger partial charge in [-0.05, 0) is 33.6 Å². The zero-order valence-corrected chi connectivity index (χ0v) is 12.1. The second-order valence-electron chi connectivity index (χ2n) is 3.98. The minimum Gasteiger partial charge on any atom is -0.486 e. The second-order valence-corrected chi connectivity index (χ2v) is 4.83. The monoisotopic (exact) mass is 326 g/mol. The molecule has 0 aliphatic rings. The average Bonchev–Trinajstić information content (AvgIpc) is 2.85. The van der Waals surface area contributed by atoms with E-state index < -0.39 is 0 Å². The van der Waals surface area contributed by atoms with Crippen LogP contribution in [0.15, 0.2) is 33.3 Å². The molecule has 0 atom stereocenters. The van der Waals surface area contributed by atoms with Crippen LogP contribution in [0, 0.1) is 0 Å². The summed E-state index contributed by atoms with van der Waals surface area (Å²) in [7, 11) is 1.61. The maximum atomic E-state index is 5.66. The highest BCUT2D eigenvalue weighted by Gasteiger charge is 2.07. The topological polar surface area (TPSA) is 70.5 Å². The molecule has 1 aromatic carbocycles. The highest BCUT2D eigenvalue weighted by Crippen LogP contribution is 2.26. The average molecular weight is 327 g/mol. The number of benzene rings is 1. The minimum absolute atomic E-state index is 0.341. The quantitative estimate of drug-likeness (QED) is 0.883. The van der Waals surface area contributed by atoms with Crippen molar-refractivity contribution in [1.29, 1.82) is 0 Å². The lowest BCUT2D eigenvalue weighted by molar-refractivity contribution is 0.155.